The van der Waals surface area contributed by atoms with Crippen molar-refractivity contribution in [3.63, 3.8) is 0 Å². The fourth-order valence-electron chi connectivity index (χ4n) is 2.16. The summed E-state index contributed by atoms with van der Waals surface area (Å²) in [7, 11) is 2.14. The summed E-state index contributed by atoms with van der Waals surface area (Å²) in [6.07, 6.45) is 2.79. The van der Waals surface area contributed by atoms with E-state index in [4.69, 9.17) is 5.73 Å². The minimum absolute atomic E-state index is 0.310. The monoisotopic (exact) mass is 285 g/mol. The van der Waals surface area contributed by atoms with Gasteiger partial charge >= 0.3 is 0 Å². The molecule has 0 aliphatic rings. The zero-order valence-electron chi connectivity index (χ0n) is 12.7. The maximum Gasteiger partial charge on any atom is 0.221 e. The number of nitrogens with zero attached hydrogens (tertiary/aromatic N) is 3. The second kappa shape index (κ2) is 7.59. The summed E-state index contributed by atoms with van der Waals surface area (Å²) in [5.41, 5.74) is 7.95. The zero-order chi connectivity index (χ0) is 15.1. The molecule has 1 aromatic heterocycles. The van der Waals surface area contributed by atoms with E-state index in [-0.39, 0.29) is 0 Å². The number of anilines is 2. The van der Waals surface area contributed by atoms with E-state index in [9.17, 15) is 0 Å². The lowest BCUT2D eigenvalue weighted by Gasteiger charge is -2.17. The Labute approximate surface area is 126 Å². The normalized spacial score (nSPS) is 10.8. The second-order valence-electron chi connectivity index (χ2n) is 5.26. The summed E-state index contributed by atoms with van der Waals surface area (Å²) in [5.74, 6) is 1.14. The summed E-state index contributed by atoms with van der Waals surface area (Å²) >= 11 is 0. The number of nitrogens with two attached hydrogens (primary N) is 1. The molecule has 2 rings (SSSR count). The van der Waals surface area contributed by atoms with Gasteiger partial charge in [-0.25, -0.2) is 4.98 Å². The molecule has 0 aliphatic carbocycles. The van der Waals surface area contributed by atoms with E-state index in [0.29, 0.717) is 5.95 Å². The van der Waals surface area contributed by atoms with Gasteiger partial charge in [0, 0.05) is 24.8 Å². The van der Waals surface area contributed by atoms with Crippen molar-refractivity contribution >= 4 is 11.8 Å². The minimum atomic E-state index is 0.310. The lowest BCUT2D eigenvalue weighted by molar-refractivity contribution is 0.325. The number of hydrogen-bond donors (Lipinski definition) is 2. The molecule has 5 nitrogen and oxygen atoms in total. The SMILES string of the molecule is Cc1cnc(N)nc1NCCCN(C)Cc1ccccc1. The van der Waals surface area contributed by atoms with Crippen LogP contribution in [0.5, 0.6) is 0 Å². The Morgan fingerprint density at radius 1 is 1.24 bits per heavy atom. The molecule has 0 unspecified atom stereocenters. The first-order valence-corrected chi connectivity index (χ1v) is 7.20. The van der Waals surface area contributed by atoms with Crippen molar-refractivity contribution in [2.24, 2.45) is 0 Å². The molecule has 0 amide bonds. The van der Waals surface area contributed by atoms with Gasteiger partial charge < -0.3 is 16.0 Å². The van der Waals surface area contributed by atoms with Crippen LogP contribution in [0.1, 0.15) is 17.5 Å². The fraction of sp³-hybridized carbons (Fsp3) is 0.375. The average molecular weight is 285 g/mol. The highest BCUT2D eigenvalue weighted by atomic mass is 15.1. The van der Waals surface area contributed by atoms with E-state index in [2.05, 4.69) is 51.5 Å². The van der Waals surface area contributed by atoms with Crippen LogP contribution in [0.15, 0.2) is 36.5 Å². The van der Waals surface area contributed by atoms with Crippen molar-refractivity contribution in [2.45, 2.75) is 19.9 Å². The third-order valence-electron chi connectivity index (χ3n) is 3.29. The molecule has 3 N–H and O–H groups in total. The van der Waals surface area contributed by atoms with Crippen LogP contribution in [0.2, 0.25) is 0 Å². The smallest absolute Gasteiger partial charge is 0.221 e. The topological polar surface area (TPSA) is 67.1 Å². The Balaban J connectivity index is 1.71. The first-order chi connectivity index (χ1) is 10.1. The minimum Gasteiger partial charge on any atom is -0.370 e. The maximum atomic E-state index is 5.60. The Kier molecular flexibility index (Phi) is 5.51. The number of hydrogen-bond acceptors (Lipinski definition) is 5. The Hall–Kier alpha value is -2.14. The van der Waals surface area contributed by atoms with Crippen LogP contribution >= 0.6 is 0 Å². The molecule has 0 aliphatic heterocycles. The quantitative estimate of drug-likeness (QED) is 0.764. The highest BCUT2D eigenvalue weighted by Crippen LogP contribution is 2.10. The summed E-state index contributed by atoms with van der Waals surface area (Å²) in [6.45, 7) is 4.85. The largest absolute Gasteiger partial charge is 0.370 e. The number of nitrogens with one attached hydrogen (secondary N) is 1. The number of aromatic nitrogens is 2. The molecule has 112 valence electrons. The average Bonchev–Trinajstić information content (AvgIpc) is 2.48. The van der Waals surface area contributed by atoms with E-state index in [0.717, 1.165) is 37.4 Å². The van der Waals surface area contributed by atoms with Gasteiger partial charge in [0.2, 0.25) is 5.95 Å². The lowest BCUT2D eigenvalue weighted by atomic mass is 10.2. The van der Waals surface area contributed by atoms with Crippen molar-refractivity contribution in [3.05, 3.63) is 47.7 Å². The Morgan fingerprint density at radius 3 is 2.76 bits per heavy atom. The van der Waals surface area contributed by atoms with Crippen LogP contribution in [0.4, 0.5) is 11.8 Å². The van der Waals surface area contributed by atoms with Crippen molar-refractivity contribution in [1.82, 2.24) is 14.9 Å². The summed E-state index contributed by atoms with van der Waals surface area (Å²) in [6, 6.07) is 10.5. The van der Waals surface area contributed by atoms with Gasteiger partial charge in [-0.15, -0.1) is 0 Å². The van der Waals surface area contributed by atoms with Gasteiger partial charge in [-0.05, 0) is 32.5 Å². The van der Waals surface area contributed by atoms with E-state index in [1.54, 1.807) is 6.20 Å². The van der Waals surface area contributed by atoms with Crippen LogP contribution in [0.3, 0.4) is 0 Å². The third-order valence-corrected chi connectivity index (χ3v) is 3.29. The predicted octanol–water partition coefficient (Wildman–Crippen LogP) is 2.30. The standard InChI is InChI=1S/C16H23N5/c1-13-11-19-16(17)20-15(13)18-9-6-10-21(2)12-14-7-4-3-5-8-14/h3-5,7-8,11H,6,9-10,12H2,1-2H3,(H3,17,18,19,20). The number of aryl methyl sites for hydroxylation is 1. The van der Waals surface area contributed by atoms with E-state index >= 15 is 0 Å². The molecule has 0 saturated carbocycles. The van der Waals surface area contributed by atoms with E-state index < -0.39 is 0 Å². The van der Waals surface area contributed by atoms with Crippen molar-refractivity contribution in [1.29, 1.82) is 0 Å². The van der Waals surface area contributed by atoms with E-state index in [1.807, 2.05) is 13.0 Å². The fourth-order valence-corrected chi connectivity index (χ4v) is 2.16. The number of nitrogen functional groups attached to an aromatic ring is 1. The van der Waals surface area contributed by atoms with Gasteiger partial charge in [-0.1, -0.05) is 30.3 Å². The van der Waals surface area contributed by atoms with Crippen LogP contribution < -0.4 is 11.1 Å². The third kappa shape index (κ3) is 5.04. The first-order valence-electron chi connectivity index (χ1n) is 7.20. The molecular weight excluding hydrogens is 262 g/mol. The van der Waals surface area contributed by atoms with Gasteiger partial charge in [-0.2, -0.15) is 4.98 Å². The molecule has 1 aromatic carbocycles. The van der Waals surface area contributed by atoms with Gasteiger partial charge in [0.25, 0.3) is 0 Å². The number of benzene rings is 1. The number of rotatable bonds is 7. The molecule has 21 heavy (non-hydrogen) atoms. The lowest BCUT2D eigenvalue weighted by Crippen LogP contribution is -2.21. The Morgan fingerprint density at radius 2 is 2.00 bits per heavy atom. The van der Waals surface area contributed by atoms with Gasteiger partial charge in [0.15, 0.2) is 0 Å². The maximum absolute atomic E-state index is 5.60. The molecule has 0 saturated heterocycles. The van der Waals surface area contributed by atoms with Crippen LogP contribution in [-0.4, -0.2) is 35.0 Å². The molecule has 0 spiro atoms. The van der Waals surface area contributed by atoms with Gasteiger partial charge in [-0.3, -0.25) is 0 Å². The van der Waals surface area contributed by atoms with Gasteiger partial charge in [0.1, 0.15) is 5.82 Å². The molecule has 2 aromatic rings. The highest BCUT2D eigenvalue weighted by molar-refractivity contribution is 5.44. The van der Waals surface area contributed by atoms with E-state index in [1.165, 1.54) is 5.56 Å². The van der Waals surface area contributed by atoms with Crippen LogP contribution in [0, 0.1) is 6.92 Å². The summed E-state index contributed by atoms with van der Waals surface area (Å²) < 4.78 is 0. The van der Waals surface area contributed by atoms with Crippen molar-refractivity contribution in [3.8, 4) is 0 Å². The second-order valence-corrected chi connectivity index (χ2v) is 5.26. The van der Waals surface area contributed by atoms with Crippen molar-refractivity contribution < 1.29 is 0 Å². The van der Waals surface area contributed by atoms with Crippen LogP contribution in [-0.2, 0) is 6.54 Å². The predicted molar refractivity (Wildman–Crippen MR) is 87.1 cm³/mol. The Bertz CT molecular complexity index is 556. The molecule has 1 heterocycles. The first kappa shape index (κ1) is 15.3. The summed E-state index contributed by atoms with van der Waals surface area (Å²) in [4.78, 5) is 10.5. The molecule has 0 radical (unpaired) electrons. The zero-order valence-corrected chi connectivity index (χ0v) is 12.7. The molecule has 0 atom stereocenters. The molecule has 5 heteroatoms. The summed E-state index contributed by atoms with van der Waals surface area (Å²) in [5, 5.41) is 3.32. The molecule has 0 bridgehead atoms. The molecular formula is C16H23N5. The van der Waals surface area contributed by atoms with Crippen molar-refractivity contribution in [2.75, 3.05) is 31.2 Å². The van der Waals surface area contributed by atoms with Gasteiger partial charge in [0.05, 0.1) is 0 Å². The highest BCUT2D eigenvalue weighted by Gasteiger charge is 2.02. The molecule has 0 fully saturated rings. The van der Waals surface area contributed by atoms with Crippen LogP contribution in [0.25, 0.3) is 0 Å².